The van der Waals surface area contributed by atoms with Crippen LogP contribution in [0.25, 0.3) is 64.3 Å². The Hall–Kier alpha value is -4.10. The summed E-state index contributed by atoms with van der Waals surface area (Å²) in [5.74, 6) is 0. The zero-order valence-electron chi connectivity index (χ0n) is 33.2. The van der Waals surface area contributed by atoms with Gasteiger partial charge in [0.25, 0.3) is 11.1 Å². The van der Waals surface area contributed by atoms with Crippen LogP contribution in [0.4, 0.5) is 0 Å². The molecular weight excluding hydrogens is 697 g/mol. The number of hydrogen-bond acceptors (Lipinski definition) is 5. The van der Waals surface area contributed by atoms with Gasteiger partial charge in [-0.25, -0.2) is 9.97 Å². The second-order valence-electron chi connectivity index (χ2n) is 16.3. The number of imidazole rings is 2. The van der Waals surface area contributed by atoms with Crippen LogP contribution in [0.15, 0.2) is 58.1 Å². The van der Waals surface area contributed by atoms with Crippen molar-refractivity contribution in [2.24, 2.45) is 0 Å². The Kier molecular flexibility index (Phi) is 11.9. The first-order valence-electron chi connectivity index (χ1n) is 21.8. The standard InChI is InChI=1S/C48H58N4O2S/c1-3-5-7-9-11-13-15-17-19-21-23-33-25-29-37-39(31-33)51-45(49-37)35-27-28-36-42-41(35)44(48(51)54)55-43(42)46-50-38-30-26-34(32-40(38)52(46)47(36)53)24-22-20-18-16-14-12-10-8-6-4-2/h25-32H,3-24H2,1-2H3. The number of aryl methyl sites for hydroxylation is 2. The first kappa shape index (κ1) is 37.8. The summed E-state index contributed by atoms with van der Waals surface area (Å²) < 4.78 is 5.18. The highest BCUT2D eigenvalue weighted by Crippen LogP contribution is 2.42. The minimum Gasteiger partial charge on any atom is -0.268 e. The number of thiophene rings is 1. The molecule has 0 atom stereocenters. The molecule has 0 amide bonds. The van der Waals surface area contributed by atoms with Crippen LogP contribution in [-0.2, 0) is 12.8 Å². The lowest BCUT2D eigenvalue weighted by Gasteiger charge is -2.06. The van der Waals surface area contributed by atoms with E-state index in [0.29, 0.717) is 21.4 Å². The third kappa shape index (κ3) is 7.58. The second kappa shape index (κ2) is 17.4. The number of nitrogens with zero attached hydrogens (tertiary/aromatic N) is 4. The van der Waals surface area contributed by atoms with Crippen molar-refractivity contribution in [3.8, 4) is 0 Å². The van der Waals surface area contributed by atoms with Crippen LogP contribution < -0.4 is 11.1 Å². The molecular formula is C48H58N4O2S. The quantitative estimate of drug-likeness (QED) is 0.0510. The van der Waals surface area contributed by atoms with Crippen LogP contribution >= 0.6 is 11.3 Å². The van der Waals surface area contributed by atoms with E-state index < -0.39 is 0 Å². The van der Waals surface area contributed by atoms with E-state index in [-0.39, 0.29) is 11.1 Å². The van der Waals surface area contributed by atoms with Crippen molar-refractivity contribution in [3.63, 3.8) is 0 Å². The largest absolute Gasteiger partial charge is 0.274 e. The Balaban J connectivity index is 1.03. The van der Waals surface area contributed by atoms with Gasteiger partial charge in [0.2, 0.25) is 0 Å². The molecule has 0 spiro atoms. The predicted octanol–water partition coefficient (Wildman–Crippen LogP) is 13.3. The average Bonchev–Trinajstić information content (AvgIpc) is 3.90. The molecule has 7 heteroatoms. The van der Waals surface area contributed by atoms with E-state index in [2.05, 4.69) is 50.2 Å². The third-order valence-corrected chi connectivity index (χ3v) is 13.4. The summed E-state index contributed by atoms with van der Waals surface area (Å²) in [4.78, 5) is 38.8. The fourth-order valence-electron chi connectivity index (χ4n) is 9.10. The molecule has 0 radical (unpaired) electrons. The highest BCUT2D eigenvalue weighted by Gasteiger charge is 2.25. The van der Waals surface area contributed by atoms with Gasteiger partial charge in [0.05, 0.1) is 26.8 Å². The van der Waals surface area contributed by atoms with Crippen molar-refractivity contribution in [1.29, 1.82) is 0 Å². The number of aromatic nitrogens is 4. The molecule has 55 heavy (non-hydrogen) atoms. The number of benzene rings is 3. The van der Waals surface area contributed by atoms with Crippen molar-refractivity contribution < 1.29 is 0 Å². The minimum atomic E-state index is -0.0693. The van der Waals surface area contributed by atoms with Gasteiger partial charge in [-0.2, -0.15) is 0 Å². The molecule has 0 fully saturated rings. The Bertz CT molecular complexity index is 2650. The molecule has 0 saturated carbocycles. The van der Waals surface area contributed by atoms with Gasteiger partial charge in [-0.15, -0.1) is 11.3 Å². The highest BCUT2D eigenvalue weighted by molar-refractivity contribution is 7.26. The lowest BCUT2D eigenvalue weighted by Crippen LogP contribution is -2.13. The first-order valence-corrected chi connectivity index (χ1v) is 22.6. The van der Waals surface area contributed by atoms with Crippen LogP contribution in [0.5, 0.6) is 0 Å². The predicted molar refractivity (Wildman–Crippen MR) is 235 cm³/mol. The molecule has 0 aliphatic heterocycles. The summed E-state index contributed by atoms with van der Waals surface area (Å²) in [6.07, 6.45) is 28.4. The molecule has 0 aliphatic rings. The second-order valence-corrected chi connectivity index (χ2v) is 17.4. The fraction of sp³-hybridized carbons (Fsp3) is 0.500. The Morgan fingerprint density at radius 3 is 1.44 bits per heavy atom. The normalized spacial score (nSPS) is 12.5. The third-order valence-electron chi connectivity index (χ3n) is 12.2. The molecule has 5 heterocycles. The number of unbranched alkanes of at least 4 members (excludes halogenated alkanes) is 18. The van der Waals surface area contributed by atoms with Gasteiger partial charge < -0.3 is 0 Å². The highest BCUT2D eigenvalue weighted by atomic mass is 32.1. The van der Waals surface area contributed by atoms with Crippen molar-refractivity contribution in [2.45, 2.75) is 155 Å². The van der Waals surface area contributed by atoms with Gasteiger partial charge in [0, 0.05) is 21.5 Å². The molecule has 5 aromatic heterocycles. The Morgan fingerprint density at radius 1 is 0.473 bits per heavy atom. The van der Waals surface area contributed by atoms with E-state index in [1.165, 1.54) is 138 Å². The minimum absolute atomic E-state index is 0.0599. The molecule has 288 valence electrons. The lowest BCUT2D eigenvalue weighted by atomic mass is 10.0. The molecule has 0 aliphatic carbocycles. The van der Waals surface area contributed by atoms with E-state index in [0.717, 1.165) is 68.6 Å². The molecule has 0 saturated heterocycles. The number of hydrogen-bond donors (Lipinski definition) is 0. The molecule has 3 aromatic carbocycles. The van der Waals surface area contributed by atoms with Gasteiger partial charge in [-0.3, -0.25) is 18.4 Å². The maximum absolute atomic E-state index is 14.5. The SMILES string of the molecule is CCCCCCCCCCCCc1ccc2nc3c4ccc5c(=O)n6c7cc(CCCCCCCCCCCC)ccc7nc6c6sc(c(=O)n3c2c1)c4c56. The molecule has 8 aromatic rings. The summed E-state index contributed by atoms with van der Waals surface area (Å²) in [6, 6.07) is 16.8. The maximum Gasteiger partial charge on any atom is 0.274 e. The van der Waals surface area contributed by atoms with Gasteiger partial charge in [-0.05, 0) is 73.2 Å². The van der Waals surface area contributed by atoms with Gasteiger partial charge in [-0.1, -0.05) is 142 Å². The van der Waals surface area contributed by atoms with Gasteiger partial charge in [0.15, 0.2) is 5.65 Å². The molecule has 6 nitrogen and oxygen atoms in total. The van der Waals surface area contributed by atoms with E-state index in [9.17, 15) is 9.59 Å². The summed E-state index contributed by atoms with van der Waals surface area (Å²) in [5.41, 5.74) is 7.08. The van der Waals surface area contributed by atoms with Crippen LogP contribution in [0.1, 0.15) is 153 Å². The number of pyridine rings is 2. The summed E-state index contributed by atoms with van der Waals surface area (Å²) in [6.45, 7) is 4.55. The van der Waals surface area contributed by atoms with Crippen LogP contribution in [0.2, 0.25) is 0 Å². The number of rotatable bonds is 22. The van der Waals surface area contributed by atoms with E-state index in [1.54, 1.807) is 4.40 Å². The van der Waals surface area contributed by atoms with Crippen molar-refractivity contribution in [2.75, 3.05) is 0 Å². The summed E-state index contributed by atoms with van der Waals surface area (Å²) in [5, 5.41) is 3.26. The Morgan fingerprint density at radius 2 is 0.909 bits per heavy atom. The molecule has 0 bridgehead atoms. The zero-order valence-corrected chi connectivity index (χ0v) is 34.0. The van der Waals surface area contributed by atoms with E-state index >= 15 is 0 Å². The summed E-state index contributed by atoms with van der Waals surface area (Å²) >= 11 is 1.48. The first-order chi connectivity index (χ1) is 27.1. The zero-order chi connectivity index (χ0) is 37.7. The van der Waals surface area contributed by atoms with Gasteiger partial charge in [0.1, 0.15) is 10.3 Å². The van der Waals surface area contributed by atoms with Crippen molar-refractivity contribution >= 4 is 75.6 Å². The average molecular weight is 755 g/mol. The van der Waals surface area contributed by atoms with Crippen LogP contribution in [0.3, 0.4) is 0 Å². The molecule has 0 unspecified atom stereocenters. The molecule has 8 rings (SSSR count). The van der Waals surface area contributed by atoms with Crippen molar-refractivity contribution in [3.05, 3.63) is 80.4 Å². The smallest absolute Gasteiger partial charge is 0.268 e. The lowest BCUT2D eigenvalue weighted by molar-refractivity contribution is 0.556. The maximum atomic E-state index is 14.5. The van der Waals surface area contributed by atoms with Crippen LogP contribution in [0, 0.1) is 0 Å². The summed E-state index contributed by atoms with van der Waals surface area (Å²) in [7, 11) is 0. The van der Waals surface area contributed by atoms with E-state index in [4.69, 9.17) is 9.97 Å². The fourth-order valence-corrected chi connectivity index (χ4v) is 10.3. The van der Waals surface area contributed by atoms with E-state index in [1.807, 2.05) is 16.5 Å². The molecule has 0 N–H and O–H groups in total. The van der Waals surface area contributed by atoms with Crippen LogP contribution in [-0.4, -0.2) is 18.8 Å². The Labute approximate surface area is 328 Å². The number of fused-ring (bicyclic) bond motifs is 8. The topological polar surface area (TPSA) is 68.7 Å². The van der Waals surface area contributed by atoms with Gasteiger partial charge >= 0.3 is 0 Å². The van der Waals surface area contributed by atoms with Crippen molar-refractivity contribution in [1.82, 2.24) is 18.8 Å². The monoisotopic (exact) mass is 754 g/mol.